The first-order valence-electron chi connectivity index (χ1n) is 8.00. The molecule has 2 N–H and O–H groups in total. The number of hydrogen-bond donors (Lipinski definition) is 1. The van der Waals surface area contributed by atoms with E-state index in [-0.39, 0.29) is 18.0 Å². The molecule has 0 spiro atoms. The van der Waals surface area contributed by atoms with E-state index in [1.807, 2.05) is 19.1 Å². The van der Waals surface area contributed by atoms with Crippen molar-refractivity contribution in [1.82, 2.24) is 0 Å². The summed E-state index contributed by atoms with van der Waals surface area (Å²) in [5.74, 6) is -0.149. The average Bonchev–Trinajstić information content (AvgIpc) is 2.45. The number of nitrogens with zero attached hydrogens (tertiary/aromatic N) is 1. The smallest absolute Gasteiger partial charge is 0.146 e. The fourth-order valence-electron chi connectivity index (χ4n) is 2.88. The summed E-state index contributed by atoms with van der Waals surface area (Å²) in [5, 5.41) is 0. The van der Waals surface area contributed by atoms with Crippen molar-refractivity contribution < 1.29 is 9.13 Å². The van der Waals surface area contributed by atoms with E-state index in [2.05, 4.69) is 11.8 Å². The third kappa shape index (κ3) is 4.68. The second kappa shape index (κ2) is 7.76. The third-order valence-corrected chi connectivity index (χ3v) is 3.85. The van der Waals surface area contributed by atoms with Crippen molar-refractivity contribution in [3.8, 4) is 0 Å². The van der Waals surface area contributed by atoms with Crippen LogP contribution in [0.1, 0.15) is 38.7 Å². The molecule has 2 rings (SSSR count). The van der Waals surface area contributed by atoms with Gasteiger partial charge in [-0.2, -0.15) is 0 Å². The maximum Gasteiger partial charge on any atom is 0.146 e. The largest absolute Gasteiger partial charge is 0.376 e. The number of nitrogens with two attached hydrogens (primary N) is 1. The molecule has 0 aliphatic carbocycles. The van der Waals surface area contributed by atoms with E-state index in [0.717, 1.165) is 44.5 Å². The second-order valence-corrected chi connectivity index (χ2v) is 6.05. The Kier molecular flexibility index (Phi) is 6.00. The molecule has 0 amide bonds. The van der Waals surface area contributed by atoms with E-state index in [9.17, 15) is 4.39 Å². The van der Waals surface area contributed by atoms with Crippen LogP contribution in [0.2, 0.25) is 0 Å². The molecule has 1 aromatic carbocycles. The van der Waals surface area contributed by atoms with Crippen LogP contribution in [-0.2, 0) is 11.2 Å². The van der Waals surface area contributed by atoms with Crippen LogP contribution in [0.4, 0.5) is 10.1 Å². The molecule has 0 radical (unpaired) electrons. The van der Waals surface area contributed by atoms with Gasteiger partial charge < -0.3 is 15.4 Å². The summed E-state index contributed by atoms with van der Waals surface area (Å²) in [6, 6.07) is 5.54. The zero-order chi connectivity index (χ0) is 15.2. The van der Waals surface area contributed by atoms with Gasteiger partial charge in [0, 0.05) is 25.7 Å². The number of anilines is 1. The maximum atomic E-state index is 14.3. The molecular weight excluding hydrogens is 267 g/mol. The Morgan fingerprint density at radius 1 is 1.48 bits per heavy atom. The Hall–Kier alpha value is -1.13. The molecule has 2 atom stereocenters. The van der Waals surface area contributed by atoms with E-state index < -0.39 is 0 Å². The van der Waals surface area contributed by atoms with Gasteiger partial charge in [0.25, 0.3) is 0 Å². The predicted molar refractivity (Wildman–Crippen MR) is 85.2 cm³/mol. The molecule has 2 unspecified atom stereocenters. The summed E-state index contributed by atoms with van der Waals surface area (Å²) < 4.78 is 20.2. The topological polar surface area (TPSA) is 38.5 Å². The standard InChI is InChI=1S/C17H27FN2O/c1-3-9-21-15-5-4-8-20(12-15)17-7-6-14(10-13(2)19)11-16(17)18/h6-7,11,13,15H,3-5,8-10,12,19H2,1-2H3. The lowest BCUT2D eigenvalue weighted by Crippen LogP contribution is -2.40. The van der Waals surface area contributed by atoms with Crippen LogP contribution >= 0.6 is 0 Å². The van der Waals surface area contributed by atoms with Crippen LogP contribution in [0.3, 0.4) is 0 Å². The van der Waals surface area contributed by atoms with E-state index >= 15 is 0 Å². The number of rotatable bonds is 6. The zero-order valence-electron chi connectivity index (χ0n) is 13.1. The minimum atomic E-state index is -0.149. The Balaban J connectivity index is 2.03. The molecule has 4 heteroatoms. The first kappa shape index (κ1) is 16.2. The highest BCUT2D eigenvalue weighted by Crippen LogP contribution is 2.25. The van der Waals surface area contributed by atoms with Crippen LogP contribution in [0.5, 0.6) is 0 Å². The highest BCUT2D eigenvalue weighted by molar-refractivity contribution is 5.49. The predicted octanol–water partition coefficient (Wildman–Crippen LogP) is 3.11. The van der Waals surface area contributed by atoms with Gasteiger partial charge in [-0.05, 0) is 50.3 Å². The van der Waals surface area contributed by atoms with Crippen LogP contribution in [-0.4, -0.2) is 31.8 Å². The van der Waals surface area contributed by atoms with Crippen LogP contribution in [0.15, 0.2) is 18.2 Å². The van der Waals surface area contributed by atoms with Gasteiger partial charge in [-0.3, -0.25) is 0 Å². The molecule has 0 saturated carbocycles. The highest BCUT2D eigenvalue weighted by Gasteiger charge is 2.22. The second-order valence-electron chi connectivity index (χ2n) is 6.05. The lowest BCUT2D eigenvalue weighted by Gasteiger charge is -2.34. The number of hydrogen-bond acceptors (Lipinski definition) is 3. The van der Waals surface area contributed by atoms with Crippen molar-refractivity contribution in [3.63, 3.8) is 0 Å². The van der Waals surface area contributed by atoms with Gasteiger partial charge >= 0.3 is 0 Å². The lowest BCUT2D eigenvalue weighted by atomic mass is 10.0. The molecule has 1 aliphatic heterocycles. The lowest BCUT2D eigenvalue weighted by molar-refractivity contribution is 0.0439. The van der Waals surface area contributed by atoms with Crippen molar-refractivity contribution in [3.05, 3.63) is 29.6 Å². The SMILES string of the molecule is CCCOC1CCCN(c2ccc(CC(C)N)cc2F)C1. The maximum absolute atomic E-state index is 14.3. The molecule has 1 aromatic rings. The molecule has 1 aliphatic rings. The van der Waals surface area contributed by atoms with Gasteiger partial charge in [-0.15, -0.1) is 0 Å². The zero-order valence-corrected chi connectivity index (χ0v) is 13.1. The monoisotopic (exact) mass is 294 g/mol. The van der Waals surface area contributed by atoms with E-state index in [0.29, 0.717) is 12.1 Å². The average molecular weight is 294 g/mol. The molecule has 118 valence electrons. The quantitative estimate of drug-likeness (QED) is 0.876. The van der Waals surface area contributed by atoms with Crippen molar-refractivity contribution in [2.75, 3.05) is 24.6 Å². The fourth-order valence-corrected chi connectivity index (χ4v) is 2.88. The molecule has 1 fully saturated rings. The molecule has 0 aromatic heterocycles. The first-order valence-corrected chi connectivity index (χ1v) is 8.00. The molecular formula is C17H27FN2O. The third-order valence-electron chi connectivity index (χ3n) is 3.85. The van der Waals surface area contributed by atoms with E-state index in [1.54, 1.807) is 6.07 Å². The van der Waals surface area contributed by atoms with Crippen LogP contribution in [0.25, 0.3) is 0 Å². The normalized spacial score (nSPS) is 20.6. The molecule has 21 heavy (non-hydrogen) atoms. The van der Waals surface area contributed by atoms with Crippen molar-refractivity contribution in [1.29, 1.82) is 0 Å². The Bertz CT molecular complexity index is 450. The van der Waals surface area contributed by atoms with Gasteiger partial charge in [0.1, 0.15) is 5.82 Å². The minimum absolute atomic E-state index is 0.0528. The summed E-state index contributed by atoms with van der Waals surface area (Å²) >= 11 is 0. The van der Waals surface area contributed by atoms with Crippen LogP contribution in [0, 0.1) is 5.82 Å². The van der Waals surface area contributed by atoms with Gasteiger partial charge in [-0.1, -0.05) is 13.0 Å². The number of benzene rings is 1. The molecule has 0 bridgehead atoms. The first-order chi connectivity index (χ1) is 10.1. The highest BCUT2D eigenvalue weighted by atomic mass is 19.1. The van der Waals surface area contributed by atoms with Gasteiger partial charge in [0.15, 0.2) is 0 Å². The summed E-state index contributed by atoms with van der Waals surface area (Å²) in [4.78, 5) is 2.11. The summed E-state index contributed by atoms with van der Waals surface area (Å²) in [6.07, 6.45) is 4.08. The Morgan fingerprint density at radius 2 is 2.29 bits per heavy atom. The summed E-state index contributed by atoms with van der Waals surface area (Å²) in [5.41, 5.74) is 7.42. The number of piperidine rings is 1. The Morgan fingerprint density at radius 3 is 2.95 bits per heavy atom. The summed E-state index contributed by atoms with van der Waals surface area (Å²) in [7, 11) is 0. The number of ether oxygens (including phenoxy) is 1. The van der Waals surface area contributed by atoms with Crippen LogP contribution < -0.4 is 10.6 Å². The molecule has 1 saturated heterocycles. The van der Waals surface area contributed by atoms with E-state index in [1.165, 1.54) is 0 Å². The fraction of sp³-hybridized carbons (Fsp3) is 0.647. The van der Waals surface area contributed by atoms with Crippen molar-refractivity contribution >= 4 is 5.69 Å². The molecule has 3 nitrogen and oxygen atoms in total. The van der Waals surface area contributed by atoms with Gasteiger partial charge in [0.05, 0.1) is 11.8 Å². The van der Waals surface area contributed by atoms with Gasteiger partial charge in [0.2, 0.25) is 0 Å². The minimum Gasteiger partial charge on any atom is -0.376 e. The van der Waals surface area contributed by atoms with Crippen molar-refractivity contribution in [2.24, 2.45) is 5.73 Å². The van der Waals surface area contributed by atoms with E-state index in [4.69, 9.17) is 10.5 Å². The number of halogens is 1. The Labute approximate surface area is 127 Å². The van der Waals surface area contributed by atoms with Crippen molar-refractivity contribution in [2.45, 2.75) is 51.7 Å². The van der Waals surface area contributed by atoms with Gasteiger partial charge in [-0.25, -0.2) is 4.39 Å². The summed E-state index contributed by atoms with van der Waals surface area (Å²) in [6.45, 7) is 6.51. The molecule has 1 heterocycles.